The van der Waals surface area contributed by atoms with Crippen molar-refractivity contribution >= 4 is 5.91 Å². The molecular formula is C18H21NO2. The molecule has 2 aromatic rings. The quantitative estimate of drug-likeness (QED) is 0.910. The Morgan fingerprint density at radius 2 is 1.57 bits per heavy atom. The molecule has 1 atom stereocenters. The summed E-state index contributed by atoms with van der Waals surface area (Å²) in [4.78, 5) is 11.8. The lowest BCUT2D eigenvalue weighted by atomic mass is 9.97. The fourth-order valence-corrected chi connectivity index (χ4v) is 2.23. The van der Waals surface area contributed by atoms with E-state index in [4.69, 9.17) is 4.74 Å². The summed E-state index contributed by atoms with van der Waals surface area (Å²) in [5.41, 5.74) is 3.29. The standard InChI is InChI=1S/C18H21NO2/c1-4-19-18(20)13(2)14-5-7-15(8-6-14)16-9-11-17(21-3)12-10-16/h5-13H,4H2,1-3H3,(H,19,20). The van der Waals surface area contributed by atoms with E-state index in [9.17, 15) is 4.79 Å². The maximum Gasteiger partial charge on any atom is 0.227 e. The van der Waals surface area contributed by atoms with Crippen molar-refractivity contribution in [1.82, 2.24) is 5.32 Å². The molecule has 0 aliphatic rings. The molecule has 0 saturated carbocycles. The number of hydrogen-bond acceptors (Lipinski definition) is 2. The summed E-state index contributed by atoms with van der Waals surface area (Å²) in [6.45, 7) is 4.51. The minimum absolute atomic E-state index is 0.0645. The molecule has 2 rings (SSSR count). The molecule has 3 nitrogen and oxygen atoms in total. The minimum Gasteiger partial charge on any atom is -0.497 e. The van der Waals surface area contributed by atoms with Gasteiger partial charge >= 0.3 is 0 Å². The highest BCUT2D eigenvalue weighted by Gasteiger charge is 2.13. The largest absolute Gasteiger partial charge is 0.497 e. The van der Waals surface area contributed by atoms with Crippen LogP contribution in [0.15, 0.2) is 48.5 Å². The van der Waals surface area contributed by atoms with Gasteiger partial charge in [-0.15, -0.1) is 0 Å². The molecule has 0 bridgehead atoms. The molecule has 3 heteroatoms. The number of nitrogens with one attached hydrogen (secondary N) is 1. The van der Waals surface area contributed by atoms with Gasteiger partial charge in [0.2, 0.25) is 5.91 Å². The molecule has 21 heavy (non-hydrogen) atoms. The lowest BCUT2D eigenvalue weighted by molar-refractivity contribution is -0.122. The molecule has 0 aromatic heterocycles. The highest BCUT2D eigenvalue weighted by atomic mass is 16.5. The van der Waals surface area contributed by atoms with E-state index >= 15 is 0 Å². The summed E-state index contributed by atoms with van der Waals surface area (Å²) in [5.74, 6) is 0.782. The molecule has 0 radical (unpaired) electrons. The summed E-state index contributed by atoms with van der Waals surface area (Å²) >= 11 is 0. The fraction of sp³-hybridized carbons (Fsp3) is 0.278. The van der Waals surface area contributed by atoms with Crippen molar-refractivity contribution < 1.29 is 9.53 Å². The maximum atomic E-state index is 11.8. The third kappa shape index (κ3) is 3.63. The van der Waals surface area contributed by atoms with Gasteiger partial charge in [-0.2, -0.15) is 0 Å². The van der Waals surface area contributed by atoms with E-state index in [0.29, 0.717) is 6.54 Å². The van der Waals surface area contributed by atoms with Crippen LogP contribution in [0.1, 0.15) is 25.3 Å². The van der Waals surface area contributed by atoms with Crippen LogP contribution in [0.5, 0.6) is 5.75 Å². The molecule has 2 aromatic carbocycles. The molecule has 0 aliphatic carbocycles. The molecule has 1 amide bonds. The number of carbonyl (C=O) groups excluding carboxylic acids is 1. The van der Waals surface area contributed by atoms with Crippen LogP contribution >= 0.6 is 0 Å². The van der Waals surface area contributed by atoms with Gasteiger partial charge in [-0.1, -0.05) is 36.4 Å². The third-order valence-electron chi connectivity index (χ3n) is 3.58. The zero-order chi connectivity index (χ0) is 15.2. The number of amides is 1. The van der Waals surface area contributed by atoms with Crippen molar-refractivity contribution in [2.24, 2.45) is 0 Å². The zero-order valence-electron chi connectivity index (χ0n) is 12.7. The van der Waals surface area contributed by atoms with Crippen LogP contribution in [0.2, 0.25) is 0 Å². The second-order valence-corrected chi connectivity index (χ2v) is 4.97. The van der Waals surface area contributed by atoms with Gasteiger partial charge in [-0.25, -0.2) is 0 Å². The van der Waals surface area contributed by atoms with Crippen LogP contribution in [0.3, 0.4) is 0 Å². The molecule has 0 aliphatic heterocycles. The van der Waals surface area contributed by atoms with Crippen LogP contribution in [-0.2, 0) is 4.79 Å². The Hall–Kier alpha value is -2.29. The second kappa shape index (κ2) is 6.93. The Balaban J connectivity index is 2.16. The van der Waals surface area contributed by atoms with Crippen LogP contribution in [0, 0.1) is 0 Å². The zero-order valence-corrected chi connectivity index (χ0v) is 12.7. The summed E-state index contributed by atoms with van der Waals surface area (Å²) in [6, 6.07) is 16.1. The SMILES string of the molecule is CCNC(=O)C(C)c1ccc(-c2ccc(OC)cc2)cc1. The van der Waals surface area contributed by atoms with E-state index < -0.39 is 0 Å². The second-order valence-electron chi connectivity index (χ2n) is 4.97. The monoisotopic (exact) mass is 283 g/mol. The van der Waals surface area contributed by atoms with E-state index in [-0.39, 0.29) is 11.8 Å². The predicted molar refractivity (Wildman–Crippen MR) is 85.5 cm³/mol. The topological polar surface area (TPSA) is 38.3 Å². The Morgan fingerprint density at radius 3 is 2.05 bits per heavy atom. The Bertz CT molecular complexity index is 588. The first kappa shape index (κ1) is 15.1. The lowest BCUT2D eigenvalue weighted by Gasteiger charge is -2.12. The maximum absolute atomic E-state index is 11.8. The van der Waals surface area contributed by atoms with Gasteiger partial charge in [-0.05, 0) is 42.7 Å². The highest BCUT2D eigenvalue weighted by Crippen LogP contribution is 2.24. The summed E-state index contributed by atoms with van der Waals surface area (Å²) in [5, 5.41) is 2.85. The molecule has 0 heterocycles. The number of benzene rings is 2. The van der Waals surface area contributed by atoms with E-state index in [0.717, 1.165) is 22.4 Å². The normalized spacial score (nSPS) is 11.8. The molecule has 1 N–H and O–H groups in total. The van der Waals surface area contributed by atoms with Crippen molar-refractivity contribution in [1.29, 1.82) is 0 Å². The smallest absolute Gasteiger partial charge is 0.227 e. The molecule has 110 valence electrons. The number of carbonyl (C=O) groups is 1. The Labute approximate surface area is 126 Å². The fourth-order valence-electron chi connectivity index (χ4n) is 2.23. The van der Waals surface area contributed by atoms with Gasteiger partial charge in [0.15, 0.2) is 0 Å². The number of rotatable bonds is 5. The van der Waals surface area contributed by atoms with Crippen LogP contribution in [-0.4, -0.2) is 19.6 Å². The van der Waals surface area contributed by atoms with Gasteiger partial charge in [0.25, 0.3) is 0 Å². The van der Waals surface area contributed by atoms with Crippen LogP contribution < -0.4 is 10.1 Å². The van der Waals surface area contributed by atoms with Gasteiger partial charge in [0, 0.05) is 6.54 Å². The van der Waals surface area contributed by atoms with E-state index in [1.807, 2.05) is 62.4 Å². The summed E-state index contributed by atoms with van der Waals surface area (Å²) in [6.07, 6.45) is 0. The van der Waals surface area contributed by atoms with E-state index in [1.165, 1.54) is 0 Å². The van der Waals surface area contributed by atoms with Gasteiger partial charge in [0.05, 0.1) is 13.0 Å². The van der Waals surface area contributed by atoms with Crippen molar-refractivity contribution in [3.8, 4) is 16.9 Å². The first-order chi connectivity index (χ1) is 10.2. The molecule has 0 spiro atoms. The van der Waals surface area contributed by atoms with Gasteiger partial charge < -0.3 is 10.1 Å². The molecule has 0 saturated heterocycles. The highest BCUT2D eigenvalue weighted by molar-refractivity contribution is 5.83. The summed E-state index contributed by atoms with van der Waals surface area (Å²) in [7, 11) is 1.66. The first-order valence-corrected chi connectivity index (χ1v) is 7.17. The minimum atomic E-state index is -0.130. The average molecular weight is 283 g/mol. The lowest BCUT2D eigenvalue weighted by Crippen LogP contribution is -2.27. The Kier molecular flexibility index (Phi) is 4.99. The van der Waals surface area contributed by atoms with E-state index in [1.54, 1.807) is 7.11 Å². The third-order valence-corrected chi connectivity index (χ3v) is 3.58. The molecule has 1 unspecified atom stereocenters. The van der Waals surface area contributed by atoms with E-state index in [2.05, 4.69) is 5.32 Å². The number of hydrogen-bond donors (Lipinski definition) is 1. The summed E-state index contributed by atoms with van der Waals surface area (Å²) < 4.78 is 5.16. The van der Waals surface area contributed by atoms with Gasteiger partial charge in [-0.3, -0.25) is 4.79 Å². The molecule has 0 fully saturated rings. The average Bonchev–Trinajstić information content (AvgIpc) is 2.54. The van der Waals surface area contributed by atoms with Crippen molar-refractivity contribution in [2.45, 2.75) is 19.8 Å². The van der Waals surface area contributed by atoms with Crippen molar-refractivity contribution in [3.63, 3.8) is 0 Å². The van der Waals surface area contributed by atoms with Crippen molar-refractivity contribution in [2.75, 3.05) is 13.7 Å². The van der Waals surface area contributed by atoms with Crippen molar-refractivity contribution in [3.05, 3.63) is 54.1 Å². The van der Waals surface area contributed by atoms with Gasteiger partial charge in [0.1, 0.15) is 5.75 Å². The Morgan fingerprint density at radius 1 is 1.05 bits per heavy atom. The number of likely N-dealkylation sites (N-methyl/N-ethyl adjacent to an activating group) is 1. The van der Waals surface area contributed by atoms with Crippen LogP contribution in [0.25, 0.3) is 11.1 Å². The number of methoxy groups -OCH3 is 1. The number of ether oxygens (including phenoxy) is 1. The van der Waals surface area contributed by atoms with Crippen LogP contribution in [0.4, 0.5) is 0 Å². The molecular weight excluding hydrogens is 262 g/mol. The first-order valence-electron chi connectivity index (χ1n) is 7.17. The predicted octanol–water partition coefficient (Wildman–Crippen LogP) is 3.60.